The summed E-state index contributed by atoms with van der Waals surface area (Å²) in [5.74, 6) is -3.17. The number of benzene rings is 2. The van der Waals surface area contributed by atoms with Gasteiger partial charge in [0.25, 0.3) is 0 Å². The number of esters is 2. The summed E-state index contributed by atoms with van der Waals surface area (Å²) in [7, 11) is -2.65. The van der Waals surface area contributed by atoms with Crippen LogP contribution in [0.2, 0.25) is 5.02 Å². The van der Waals surface area contributed by atoms with Crippen molar-refractivity contribution in [3.63, 3.8) is 0 Å². The summed E-state index contributed by atoms with van der Waals surface area (Å²) in [5, 5.41) is 10.9. The lowest BCUT2D eigenvalue weighted by Crippen LogP contribution is -2.43. The van der Waals surface area contributed by atoms with E-state index < -0.39 is 56.4 Å². The summed E-state index contributed by atoms with van der Waals surface area (Å²) in [4.78, 5) is 38.8. The van der Waals surface area contributed by atoms with Gasteiger partial charge in [-0.25, -0.2) is 27.1 Å². The highest BCUT2D eigenvalue weighted by Crippen LogP contribution is 2.29. The molecule has 0 aliphatic carbocycles. The fraction of sp³-hybridized carbons (Fsp3) is 0.345. The Morgan fingerprint density at radius 1 is 1.09 bits per heavy atom. The number of rotatable bonds is 16. The van der Waals surface area contributed by atoms with Crippen molar-refractivity contribution >= 4 is 45.0 Å². The van der Waals surface area contributed by atoms with E-state index in [2.05, 4.69) is 10.6 Å². The van der Waals surface area contributed by atoms with Crippen molar-refractivity contribution in [2.75, 3.05) is 38.7 Å². The topological polar surface area (TPSA) is 170 Å². The third-order valence-corrected chi connectivity index (χ3v) is 7.68. The largest absolute Gasteiger partial charge is 0.467 e. The van der Waals surface area contributed by atoms with E-state index in [0.717, 1.165) is 18.2 Å². The van der Waals surface area contributed by atoms with E-state index in [1.54, 1.807) is 26.1 Å². The van der Waals surface area contributed by atoms with Crippen molar-refractivity contribution in [1.82, 2.24) is 10.2 Å². The fourth-order valence-electron chi connectivity index (χ4n) is 4.11. The monoisotopic (exact) mass is 670 g/mol. The molecule has 0 bridgehead atoms. The van der Waals surface area contributed by atoms with Crippen LogP contribution in [-0.4, -0.2) is 76.5 Å². The molecule has 45 heavy (non-hydrogen) atoms. The van der Waals surface area contributed by atoms with E-state index in [1.165, 1.54) is 24.2 Å². The summed E-state index contributed by atoms with van der Waals surface area (Å²) in [6.07, 6.45) is 1.47. The van der Waals surface area contributed by atoms with Crippen LogP contribution in [0.4, 0.5) is 14.5 Å². The molecule has 1 heterocycles. The second kappa shape index (κ2) is 15.9. The number of anilines is 1. The van der Waals surface area contributed by atoms with E-state index in [1.807, 2.05) is 0 Å². The van der Waals surface area contributed by atoms with Crippen LogP contribution in [-0.2, 0) is 30.8 Å². The number of Topliss-reactive ketones (excluding diaryl/α,β-unsaturated/α-hetero) is 1. The number of nitrogens with two attached hydrogens (primary N) is 1. The molecule has 0 unspecified atom stereocenters. The lowest BCUT2D eigenvalue weighted by molar-refractivity contribution is -0.145. The SMILES string of the molecule is C[C@H](COC(=O)CN(C)CCOC(=O)c1cc(S(N)(=O)=O)c(Cl)cc1NCc1ccco1)N[C@H](C)C(=O)c1cc(F)cc(F)c1. The number of nitrogens with zero attached hydrogens (tertiary/aromatic N) is 1. The lowest BCUT2D eigenvalue weighted by atomic mass is 10.0. The Bertz CT molecular complexity index is 1600. The predicted molar refractivity (Wildman–Crippen MR) is 160 cm³/mol. The number of hydrogen-bond donors (Lipinski definition) is 3. The van der Waals surface area contributed by atoms with Crippen molar-refractivity contribution in [3.8, 4) is 0 Å². The Morgan fingerprint density at radius 2 is 1.78 bits per heavy atom. The maximum absolute atomic E-state index is 13.4. The summed E-state index contributed by atoms with van der Waals surface area (Å²) in [5.41, 5.74) is -0.0670. The summed E-state index contributed by atoms with van der Waals surface area (Å²) in [6.45, 7) is 3.07. The average molecular weight is 671 g/mol. The molecule has 16 heteroatoms. The molecule has 0 amide bonds. The van der Waals surface area contributed by atoms with Crippen molar-refractivity contribution in [1.29, 1.82) is 0 Å². The van der Waals surface area contributed by atoms with Crippen LogP contribution in [0.25, 0.3) is 0 Å². The highest BCUT2D eigenvalue weighted by Gasteiger charge is 2.23. The van der Waals surface area contributed by atoms with Gasteiger partial charge in [0, 0.05) is 24.2 Å². The molecule has 12 nitrogen and oxygen atoms in total. The zero-order chi connectivity index (χ0) is 33.3. The Kier molecular flexibility index (Phi) is 12.6. The highest BCUT2D eigenvalue weighted by atomic mass is 35.5. The van der Waals surface area contributed by atoms with Crippen molar-refractivity contribution in [2.24, 2.45) is 5.14 Å². The van der Waals surface area contributed by atoms with Crippen LogP contribution in [0.5, 0.6) is 0 Å². The molecule has 244 valence electrons. The number of nitrogens with one attached hydrogen (secondary N) is 2. The summed E-state index contributed by atoms with van der Waals surface area (Å²) in [6, 6.07) is 6.93. The Labute approximate surface area is 263 Å². The average Bonchev–Trinajstić information content (AvgIpc) is 3.47. The molecular formula is C29H33ClF2N4O8S. The van der Waals surface area contributed by atoms with E-state index in [9.17, 15) is 31.6 Å². The number of sulfonamides is 1. The number of carbonyl (C=O) groups is 3. The maximum Gasteiger partial charge on any atom is 0.340 e. The van der Waals surface area contributed by atoms with Crippen molar-refractivity contribution < 1.29 is 45.5 Å². The number of carbonyl (C=O) groups excluding carboxylic acids is 3. The maximum atomic E-state index is 13.4. The molecule has 0 saturated heterocycles. The molecule has 0 fully saturated rings. The van der Waals surface area contributed by atoms with E-state index >= 15 is 0 Å². The van der Waals surface area contributed by atoms with E-state index in [-0.39, 0.29) is 54.7 Å². The molecule has 0 aliphatic rings. The number of ether oxygens (including phenoxy) is 2. The van der Waals surface area contributed by atoms with Gasteiger partial charge in [0.15, 0.2) is 5.78 Å². The molecule has 1 aromatic heterocycles. The minimum atomic E-state index is -4.24. The molecule has 0 spiro atoms. The van der Waals surface area contributed by atoms with Gasteiger partial charge < -0.3 is 24.5 Å². The van der Waals surface area contributed by atoms with Gasteiger partial charge in [0.2, 0.25) is 10.0 Å². The number of ketones is 1. The number of halogens is 3. The molecule has 4 N–H and O–H groups in total. The normalized spacial score (nSPS) is 12.9. The van der Waals surface area contributed by atoms with Crippen LogP contribution in [0.3, 0.4) is 0 Å². The summed E-state index contributed by atoms with van der Waals surface area (Å²) >= 11 is 6.10. The minimum absolute atomic E-state index is 0.0898. The Balaban J connectivity index is 1.48. The van der Waals surface area contributed by atoms with E-state index in [0.29, 0.717) is 11.8 Å². The molecule has 0 radical (unpaired) electrons. The van der Waals surface area contributed by atoms with Gasteiger partial charge in [0.05, 0.1) is 41.7 Å². The number of likely N-dealkylation sites (N-methyl/N-ethyl adjacent to an activating group) is 1. The molecule has 3 aromatic rings. The number of furan rings is 1. The van der Waals surface area contributed by atoms with Crippen LogP contribution < -0.4 is 15.8 Å². The number of primary sulfonamides is 1. The molecular weight excluding hydrogens is 638 g/mol. The molecule has 2 aromatic carbocycles. The van der Waals surface area contributed by atoms with Gasteiger partial charge in [-0.1, -0.05) is 11.6 Å². The minimum Gasteiger partial charge on any atom is -0.467 e. The summed E-state index contributed by atoms with van der Waals surface area (Å²) < 4.78 is 66.6. The smallest absolute Gasteiger partial charge is 0.340 e. The van der Waals surface area contributed by atoms with Gasteiger partial charge in [-0.2, -0.15) is 0 Å². The van der Waals surface area contributed by atoms with Crippen LogP contribution >= 0.6 is 11.6 Å². The van der Waals surface area contributed by atoms with Crippen molar-refractivity contribution in [2.45, 2.75) is 37.4 Å². The molecule has 0 aliphatic heterocycles. The quantitative estimate of drug-likeness (QED) is 0.151. The Hall–Kier alpha value is -3.89. The third-order valence-electron chi connectivity index (χ3n) is 6.31. The number of hydrogen-bond acceptors (Lipinski definition) is 11. The van der Waals surface area contributed by atoms with Crippen LogP contribution in [0.1, 0.15) is 40.3 Å². The predicted octanol–water partition coefficient (Wildman–Crippen LogP) is 3.35. The highest BCUT2D eigenvalue weighted by molar-refractivity contribution is 7.89. The third kappa shape index (κ3) is 10.9. The lowest BCUT2D eigenvalue weighted by Gasteiger charge is -2.20. The standard InChI is InChI=1S/C29H33ClF2N4O8S/c1-17(35-18(2)28(38)19-9-20(31)11-21(32)10-19)16-44-27(37)15-36(3)6-8-43-29(39)23-12-26(45(33,40)41)24(30)13-25(23)34-14-22-5-4-7-42-22/h4-5,7,9-13,17-18,34-35H,6,8,14-16H2,1-3H3,(H2,33,40,41)/t17-,18-/m1/s1. The molecule has 0 saturated carbocycles. The van der Waals surface area contributed by atoms with E-state index in [4.69, 9.17) is 30.6 Å². The fourth-order valence-corrected chi connectivity index (χ4v) is 5.21. The van der Waals surface area contributed by atoms with Crippen LogP contribution in [0.15, 0.2) is 58.0 Å². The molecule has 2 atom stereocenters. The van der Waals surface area contributed by atoms with Gasteiger partial charge in [0.1, 0.15) is 35.5 Å². The second-order valence-corrected chi connectivity index (χ2v) is 12.1. The van der Waals surface area contributed by atoms with Gasteiger partial charge >= 0.3 is 11.9 Å². The zero-order valence-electron chi connectivity index (χ0n) is 24.6. The van der Waals surface area contributed by atoms with Crippen molar-refractivity contribution in [3.05, 3.63) is 82.3 Å². The zero-order valence-corrected chi connectivity index (χ0v) is 26.2. The Morgan fingerprint density at radius 3 is 2.40 bits per heavy atom. The van der Waals surface area contributed by atoms with Crippen LogP contribution in [0, 0.1) is 11.6 Å². The first kappa shape index (κ1) is 35.6. The van der Waals surface area contributed by atoms with Gasteiger partial charge in [-0.15, -0.1) is 0 Å². The first-order valence-electron chi connectivity index (χ1n) is 13.5. The van der Waals surface area contributed by atoms with Gasteiger partial charge in [-0.3, -0.25) is 14.5 Å². The van der Waals surface area contributed by atoms with Gasteiger partial charge in [-0.05, 0) is 57.3 Å². The first-order chi connectivity index (χ1) is 21.1. The second-order valence-electron chi connectivity index (χ2n) is 10.2. The first-order valence-corrected chi connectivity index (χ1v) is 15.5. The molecule has 3 rings (SSSR count).